The van der Waals surface area contributed by atoms with Crippen LogP contribution in [0.1, 0.15) is 42.7 Å². The summed E-state index contributed by atoms with van der Waals surface area (Å²) < 4.78 is 1.81. The molecule has 38 heavy (non-hydrogen) atoms. The summed E-state index contributed by atoms with van der Waals surface area (Å²) in [4.78, 5) is 26.2. The highest BCUT2D eigenvalue weighted by Crippen LogP contribution is 2.34. The van der Waals surface area contributed by atoms with Crippen LogP contribution < -0.4 is 15.1 Å². The van der Waals surface area contributed by atoms with Crippen molar-refractivity contribution in [3.8, 4) is 17.2 Å². The first-order valence-corrected chi connectivity index (χ1v) is 13.0. The molecule has 0 unspecified atom stereocenters. The second-order valence-corrected chi connectivity index (χ2v) is 10.7. The van der Waals surface area contributed by atoms with Crippen molar-refractivity contribution in [2.45, 2.75) is 32.2 Å². The molecule has 0 aliphatic carbocycles. The van der Waals surface area contributed by atoms with Crippen molar-refractivity contribution in [3.63, 3.8) is 0 Å². The molecule has 2 aliphatic heterocycles. The Morgan fingerprint density at radius 2 is 1.92 bits per heavy atom. The lowest BCUT2D eigenvalue weighted by atomic mass is 9.89. The number of hydrogen-bond acceptors (Lipinski definition) is 7. The van der Waals surface area contributed by atoms with Crippen LogP contribution in [0, 0.1) is 17.2 Å². The number of anilines is 2. The van der Waals surface area contributed by atoms with E-state index >= 15 is 0 Å². The lowest BCUT2D eigenvalue weighted by Gasteiger charge is -2.40. The van der Waals surface area contributed by atoms with Gasteiger partial charge in [0, 0.05) is 55.2 Å². The Hall–Kier alpha value is -4.45. The Morgan fingerprint density at radius 1 is 1.11 bits per heavy atom. The molecule has 2 aliphatic rings. The average molecular weight is 507 g/mol. The van der Waals surface area contributed by atoms with E-state index in [-0.39, 0.29) is 11.4 Å². The normalized spacial score (nSPS) is 17.2. The zero-order chi connectivity index (χ0) is 26.3. The first-order valence-electron chi connectivity index (χ1n) is 13.0. The molecule has 2 fully saturated rings. The number of pyridine rings is 3. The predicted octanol–water partition coefficient (Wildman–Crippen LogP) is 3.91. The van der Waals surface area contributed by atoms with Crippen molar-refractivity contribution < 1.29 is 4.79 Å². The predicted molar refractivity (Wildman–Crippen MR) is 146 cm³/mol. The number of nitrogens with zero attached hydrogens (tertiary/aromatic N) is 7. The molecule has 1 amide bonds. The maximum Gasteiger partial charge on any atom is 0.270 e. The minimum absolute atomic E-state index is 0.137. The second-order valence-electron chi connectivity index (χ2n) is 10.7. The molecule has 0 saturated carbocycles. The van der Waals surface area contributed by atoms with Gasteiger partial charge in [-0.25, -0.2) is 9.50 Å². The van der Waals surface area contributed by atoms with E-state index in [9.17, 15) is 10.1 Å². The third-order valence-electron chi connectivity index (χ3n) is 7.71. The molecule has 0 aromatic carbocycles. The summed E-state index contributed by atoms with van der Waals surface area (Å²) in [6.45, 7) is 7.96. The molecule has 4 aromatic heterocycles. The fraction of sp³-hybridized carbons (Fsp3) is 0.345. The van der Waals surface area contributed by atoms with E-state index in [0.717, 1.165) is 67.2 Å². The van der Waals surface area contributed by atoms with Crippen LogP contribution in [-0.2, 0) is 0 Å². The molecular formula is C29H30N8O. The molecule has 9 nitrogen and oxygen atoms in total. The molecule has 192 valence electrons. The number of carbonyl (C=O) groups excluding carboxylic acids is 1. The van der Waals surface area contributed by atoms with Crippen molar-refractivity contribution in [1.82, 2.24) is 24.9 Å². The van der Waals surface area contributed by atoms with Gasteiger partial charge in [-0.1, -0.05) is 13.0 Å². The smallest absolute Gasteiger partial charge is 0.270 e. The van der Waals surface area contributed by atoms with Gasteiger partial charge in [-0.05, 0) is 56.0 Å². The zero-order valence-corrected chi connectivity index (χ0v) is 21.6. The molecule has 0 atom stereocenters. The molecule has 1 N–H and O–H groups in total. The monoisotopic (exact) mass is 506 g/mol. The number of carbonyl (C=O) groups is 1. The number of aromatic nitrogens is 4. The topological polar surface area (TPSA) is 102 Å². The first-order chi connectivity index (χ1) is 18.4. The van der Waals surface area contributed by atoms with Gasteiger partial charge >= 0.3 is 0 Å². The van der Waals surface area contributed by atoms with Gasteiger partial charge in [0.2, 0.25) is 0 Å². The number of hydrogen-bond donors (Lipinski definition) is 1. The van der Waals surface area contributed by atoms with E-state index in [1.807, 2.05) is 29.0 Å². The van der Waals surface area contributed by atoms with Crippen molar-refractivity contribution in [3.05, 3.63) is 72.4 Å². The van der Waals surface area contributed by atoms with Gasteiger partial charge in [0.15, 0.2) is 0 Å². The lowest BCUT2D eigenvalue weighted by Crippen LogP contribution is -2.53. The highest BCUT2D eigenvalue weighted by molar-refractivity contribution is 5.92. The fourth-order valence-corrected chi connectivity index (χ4v) is 5.41. The van der Waals surface area contributed by atoms with Gasteiger partial charge in [-0.15, -0.1) is 0 Å². The molecule has 6 heterocycles. The Bertz CT molecular complexity index is 1510. The van der Waals surface area contributed by atoms with Crippen LogP contribution in [0.15, 0.2) is 61.2 Å². The van der Waals surface area contributed by atoms with Crippen LogP contribution in [-0.4, -0.2) is 57.2 Å². The van der Waals surface area contributed by atoms with Crippen LogP contribution in [0.4, 0.5) is 11.5 Å². The van der Waals surface area contributed by atoms with E-state index in [4.69, 9.17) is 4.98 Å². The minimum atomic E-state index is -0.291. The van der Waals surface area contributed by atoms with E-state index in [2.05, 4.69) is 57.2 Å². The van der Waals surface area contributed by atoms with Gasteiger partial charge < -0.3 is 15.1 Å². The summed E-state index contributed by atoms with van der Waals surface area (Å²) in [5, 5.41) is 17.3. The van der Waals surface area contributed by atoms with Gasteiger partial charge in [0.25, 0.3) is 5.91 Å². The zero-order valence-electron chi connectivity index (χ0n) is 21.6. The Balaban J connectivity index is 1.19. The van der Waals surface area contributed by atoms with Crippen molar-refractivity contribution in [2.24, 2.45) is 5.92 Å². The molecular weight excluding hydrogens is 476 g/mol. The summed E-state index contributed by atoms with van der Waals surface area (Å²) in [6, 6.07) is 13.9. The Morgan fingerprint density at radius 3 is 2.58 bits per heavy atom. The minimum Gasteiger partial charge on any atom is -0.370 e. The highest BCUT2D eigenvalue weighted by atomic mass is 16.2. The van der Waals surface area contributed by atoms with Gasteiger partial charge in [0.1, 0.15) is 17.6 Å². The maximum absolute atomic E-state index is 12.6. The molecule has 4 aromatic rings. The van der Waals surface area contributed by atoms with E-state index in [0.29, 0.717) is 17.2 Å². The van der Waals surface area contributed by atoms with Crippen molar-refractivity contribution in [2.75, 3.05) is 36.0 Å². The molecule has 9 heteroatoms. The maximum atomic E-state index is 12.6. The molecule has 2 saturated heterocycles. The highest BCUT2D eigenvalue weighted by Gasteiger charge is 2.32. The Labute approximate surface area is 221 Å². The lowest BCUT2D eigenvalue weighted by molar-refractivity contribution is 0.0886. The summed E-state index contributed by atoms with van der Waals surface area (Å²) in [5.74, 6) is 1.45. The number of nitrogens with one attached hydrogen (secondary N) is 1. The standard InChI is InChI=1S/C29H30N8O/c1-20-17-36(18-20)23-13-24(27-22(14-30)16-33-37(27)19-23)21-6-7-26(32-15-21)35-11-8-29(2,9-12-35)34-28(38)25-5-3-4-10-31-25/h3-7,10,13,15-16,19-20H,8-9,11-12,17-18H2,1-2H3,(H,34,38). The summed E-state index contributed by atoms with van der Waals surface area (Å²) >= 11 is 0. The summed E-state index contributed by atoms with van der Waals surface area (Å²) in [7, 11) is 0. The SMILES string of the molecule is CC1CN(c2cc(-c3ccc(N4CCC(C)(NC(=O)c5ccccn5)CC4)nc3)c3c(C#N)cnn3c2)C1. The molecule has 0 spiro atoms. The third-order valence-corrected chi connectivity index (χ3v) is 7.71. The largest absolute Gasteiger partial charge is 0.370 e. The molecule has 0 bridgehead atoms. The molecule has 6 rings (SSSR count). The van der Waals surface area contributed by atoms with E-state index < -0.39 is 0 Å². The first kappa shape index (κ1) is 23.9. The number of fused-ring (bicyclic) bond motifs is 1. The number of piperidine rings is 1. The molecule has 0 radical (unpaired) electrons. The summed E-state index contributed by atoms with van der Waals surface area (Å²) in [6.07, 6.45) is 8.78. The fourth-order valence-electron chi connectivity index (χ4n) is 5.41. The quantitative estimate of drug-likeness (QED) is 0.438. The van der Waals surface area contributed by atoms with Crippen LogP contribution in [0.25, 0.3) is 16.6 Å². The number of amides is 1. The summed E-state index contributed by atoms with van der Waals surface area (Å²) in [5.41, 5.74) is 4.51. The third kappa shape index (κ3) is 4.43. The number of nitriles is 1. The van der Waals surface area contributed by atoms with Crippen LogP contribution >= 0.6 is 0 Å². The van der Waals surface area contributed by atoms with E-state index in [1.165, 1.54) is 0 Å². The van der Waals surface area contributed by atoms with Gasteiger partial charge in [-0.2, -0.15) is 10.4 Å². The van der Waals surface area contributed by atoms with E-state index in [1.54, 1.807) is 24.5 Å². The van der Waals surface area contributed by atoms with Crippen molar-refractivity contribution >= 4 is 22.9 Å². The van der Waals surface area contributed by atoms with Crippen LogP contribution in [0.2, 0.25) is 0 Å². The number of rotatable bonds is 5. The van der Waals surface area contributed by atoms with Gasteiger partial charge in [-0.3, -0.25) is 9.78 Å². The second kappa shape index (κ2) is 9.45. The Kier molecular flexibility index (Phi) is 5.95. The van der Waals surface area contributed by atoms with Crippen molar-refractivity contribution in [1.29, 1.82) is 5.26 Å². The van der Waals surface area contributed by atoms with Crippen LogP contribution in [0.3, 0.4) is 0 Å². The van der Waals surface area contributed by atoms with Gasteiger partial charge in [0.05, 0.1) is 29.2 Å². The average Bonchev–Trinajstić information content (AvgIpc) is 3.35. The van der Waals surface area contributed by atoms with Crippen LogP contribution in [0.5, 0.6) is 0 Å².